The number of amides is 2. The average molecular weight is 328 g/mol. The van der Waals surface area contributed by atoms with E-state index in [9.17, 15) is 4.79 Å². The lowest BCUT2D eigenvalue weighted by atomic mass is 10.1. The number of carbonyl (C=O) groups excluding carboxylic acids is 1. The van der Waals surface area contributed by atoms with Crippen molar-refractivity contribution in [3.63, 3.8) is 0 Å². The van der Waals surface area contributed by atoms with Gasteiger partial charge in [0.25, 0.3) is 0 Å². The third kappa shape index (κ3) is 3.72. The predicted octanol–water partition coefficient (Wildman–Crippen LogP) is 2.57. The first-order valence-corrected chi connectivity index (χ1v) is 7.87. The quantitative estimate of drug-likeness (QED) is 0.771. The van der Waals surface area contributed by atoms with Crippen LogP contribution in [0.4, 0.5) is 10.5 Å². The van der Waals surface area contributed by atoms with E-state index in [4.69, 9.17) is 0 Å². The Morgan fingerprint density at radius 1 is 1.30 bits per heavy atom. The molecular weight excluding hydrogens is 312 g/mol. The largest absolute Gasteiger partial charge is 0.332 e. The molecule has 3 aromatic rings. The number of rotatable bonds is 4. The molecule has 2 amide bonds. The minimum absolute atomic E-state index is 0.257. The zero-order valence-corrected chi connectivity index (χ0v) is 13.6. The topological polar surface area (TPSA) is 84.7 Å². The van der Waals surface area contributed by atoms with E-state index in [1.165, 1.54) is 11.5 Å². The number of hydrogen-bond donors (Lipinski definition) is 2. The van der Waals surface area contributed by atoms with Gasteiger partial charge in [0, 0.05) is 23.7 Å². The van der Waals surface area contributed by atoms with E-state index in [1.807, 2.05) is 49.7 Å². The average Bonchev–Trinajstić information content (AvgIpc) is 3.16. The summed E-state index contributed by atoms with van der Waals surface area (Å²) in [4.78, 5) is 11.9. The first-order chi connectivity index (χ1) is 11.1. The Kier molecular flexibility index (Phi) is 4.33. The van der Waals surface area contributed by atoms with E-state index in [0.717, 1.165) is 28.3 Å². The van der Waals surface area contributed by atoms with Crippen LogP contribution in [0.5, 0.6) is 0 Å². The maximum Gasteiger partial charge on any atom is 0.319 e. The normalized spacial score (nSPS) is 10.5. The molecule has 8 heteroatoms. The molecule has 0 radical (unpaired) electrons. The molecule has 118 valence electrons. The minimum atomic E-state index is -0.257. The Balaban J connectivity index is 1.56. The van der Waals surface area contributed by atoms with Crippen molar-refractivity contribution < 1.29 is 4.79 Å². The number of benzene rings is 1. The zero-order chi connectivity index (χ0) is 16.2. The number of urea groups is 1. The summed E-state index contributed by atoms with van der Waals surface area (Å²) in [6, 6.07) is 9.15. The highest BCUT2D eigenvalue weighted by atomic mass is 32.1. The summed E-state index contributed by atoms with van der Waals surface area (Å²) >= 11 is 1.31. The molecule has 2 N–H and O–H groups in total. The molecule has 0 atom stereocenters. The fourth-order valence-electron chi connectivity index (χ4n) is 2.19. The summed E-state index contributed by atoms with van der Waals surface area (Å²) in [5.74, 6) is 0. The summed E-state index contributed by atoms with van der Waals surface area (Å²) in [6.07, 6.45) is 0. The predicted molar refractivity (Wildman–Crippen MR) is 89.1 cm³/mol. The Morgan fingerprint density at radius 3 is 2.70 bits per heavy atom. The molecule has 7 nitrogen and oxygen atoms in total. The molecule has 0 aliphatic heterocycles. The van der Waals surface area contributed by atoms with Crippen molar-refractivity contribution in [3.05, 3.63) is 47.1 Å². The summed E-state index contributed by atoms with van der Waals surface area (Å²) < 4.78 is 5.59. The number of aromatic nitrogens is 4. The fourth-order valence-corrected chi connectivity index (χ4v) is 2.66. The van der Waals surface area contributed by atoms with Gasteiger partial charge in [-0.15, -0.1) is 5.10 Å². The van der Waals surface area contributed by atoms with Gasteiger partial charge in [0.05, 0.1) is 17.9 Å². The summed E-state index contributed by atoms with van der Waals surface area (Å²) in [6.45, 7) is 2.34. The highest BCUT2D eigenvalue weighted by molar-refractivity contribution is 7.03. The van der Waals surface area contributed by atoms with Gasteiger partial charge in [-0.05, 0) is 36.7 Å². The van der Waals surface area contributed by atoms with Gasteiger partial charge < -0.3 is 10.6 Å². The third-order valence-corrected chi connectivity index (χ3v) is 3.83. The van der Waals surface area contributed by atoms with Crippen LogP contribution in [-0.4, -0.2) is 25.4 Å². The Bertz CT molecular complexity index is 794. The van der Waals surface area contributed by atoms with Crippen molar-refractivity contribution in [1.82, 2.24) is 24.7 Å². The van der Waals surface area contributed by atoms with Crippen LogP contribution in [0.3, 0.4) is 0 Å². The van der Waals surface area contributed by atoms with Crippen LogP contribution in [0.15, 0.2) is 35.7 Å². The van der Waals surface area contributed by atoms with Crippen LogP contribution in [0, 0.1) is 6.92 Å². The molecule has 0 saturated carbocycles. The summed E-state index contributed by atoms with van der Waals surface area (Å²) in [5.41, 5.74) is 4.39. The maximum atomic E-state index is 11.9. The molecule has 0 fully saturated rings. The smallest absolute Gasteiger partial charge is 0.319 e. The standard InChI is InChI=1S/C15H16N6OS/c1-10-7-13(21(2)19-10)8-16-15(22)17-12-5-3-11(4-6-12)14-9-23-20-18-14/h3-7,9H,8H2,1-2H3,(H2,16,17,22). The molecule has 3 rings (SSSR count). The summed E-state index contributed by atoms with van der Waals surface area (Å²) in [5, 5.41) is 15.7. The number of nitrogens with one attached hydrogen (secondary N) is 2. The maximum absolute atomic E-state index is 11.9. The number of nitrogens with zero attached hydrogens (tertiary/aromatic N) is 4. The Morgan fingerprint density at radius 2 is 2.09 bits per heavy atom. The highest BCUT2D eigenvalue weighted by Gasteiger charge is 2.06. The van der Waals surface area contributed by atoms with Gasteiger partial charge >= 0.3 is 6.03 Å². The lowest BCUT2D eigenvalue weighted by Crippen LogP contribution is -2.28. The van der Waals surface area contributed by atoms with Crippen molar-refractivity contribution in [1.29, 1.82) is 0 Å². The number of aryl methyl sites for hydroxylation is 2. The first-order valence-electron chi connectivity index (χ1n) is 7.03. The van der Waals surface area contributed by atoms with Gasteiger partial charge in [-0.25, -0.2) is 4.79 Å². The van der Waals surface area contributed by atoms with Gasteiger partial charge in [0.1, 0.15) is 5.69 Å². The van der Waals surface area contributed by atoms with Crippen LogP contribution in [0.25, 0.3) is 11.3 Å². The molecule has 2 aromatic heterocycles. The van der Waals surface area contributed by atoms with Gasteiger partial charge in [-0.3, -0.25) is 4.68 Å². The Hall–Kier alpha value is -2.74. The molecule has 0 aliphatic carbocycles. The van der Waals surface area contributed by atoms with Crippen molar-refractivity contribution >= 4 is 23.3 Å². The van der Waals surface area contributed by atoms with Gasteiger partial charge in [0.15, 0.2) is 0 Å². The lowest BCUT2D eigenvalue weighted by molar-refractivity contribution is 0.251. The van der Waals surface area contributed by atoms with Gasteiger partial charge in [-0.2, -0.15) is 5.10 Å². The lowest BCUT2D eigenvalue weighted by Gasteiger charge is -2.08. The van der Waals surface area contributed by atoms with E-state index in [1.54, 1.807) is 4.68 Å². The van der Waals surface area contributed by atoms with Crippen molar-refractivity contribution in [3.8, 4) is 11.3 Å². The second-order valence-electron chi connectivity index (χ2n) is 5.08. The Labute approximate surface area is 137 Å². The van der Waals surface area contributed by atoms with Crippen LogP contribution in [0.2, 0.25) is 0 Å². The van der Waals surface area contributed by atoms with Crippen molar-refractivity contribution in [2.75, 3.05) is 5.32 Å². The number of hydrogen-bond acceptors (Lipinski definition) is 5. The van der Waals surface area contributed by atoms with Gasteiger partial charge in [-0.1, -0.05) is 16.6 Å². The number of carbonyl (C=O) groups is 1. The number of anilines is 1. The molecule has 1 aromatic carbocycles. The van der Waals surface area contributed by atoms with Crippen LogP contribution >= 0.6 is 11.5 Å². The molecule has 23 heavy (non-hydrogen) atoms. The zero-order valence-electron chi connectivity index (χ0n) is 12.8. The van der Waals surface area contributed by atoms with E-state index in [-0.39, 0.29) is 6.03 Å². The van der Waals surface area contributed by atoms with E-state index < -0.39 is 0 Å². The van der Waals surface area contributed by atoms with Crippen LogP contribution in [-0.2, 0) is 13.6 Å². The van der Waals surface area contributed by atoms with E-state index in [0.29, 0.717) is 6.54 Å². The van der Waals surface area contributed by atoms with Crippen molar-refractivity contribution in [2.45, 2.75) is 13.5 Å². The van der Waals surface area contributed by atoms with E-state index in [2.05, 4.69) is 25.3 Å². The van der Waals surface area contributed by atoms with Crippen LogP contribution < -0.4 is 10.6 Å². The molecule has 0 aliphatic rings. The van der Waals surface area contributed by atoms with Crippen LogP contribution in [0.1, 0.15) is 11.4 Å². The highest BCUT2D eigenvalue weighted by Crippen LogP contribution is 2.19. The second kappa shape index (κ2) is 6.57. The molecule has 2 heterocycles. The monoisotopic (exact) mass is 328 g/mol. The third-order valence-electron chi connectivity index (χ3n) is 3.33. The molecule has 0 bridgehead atoms. The fraction of sp³-hybridized carbons (Fsp3) is 0.200. The van der Waals surface area contributed by atoms with Gasteiger partial charge in [0.2, 0.25) is 0 Å². The summed E-state index contributed by atoms with van der Waals surface area (Å²) in [7, 11) is 1.86. The van der Waals surface area contributed by atoms with Crippen molar-refractivity contribution in [2.24, 2.45) is 7.05 Å². The molecule has 0 unspecified atom stereocenters. The van der Waals surface area contributed by atoms with E-state index >= 15 is 0 Å². The molecule has 0 saturated heterocycles. The molecular formula is C15H16N6OS. The SMILES string of the molecule is Cc1cc(CNC(=O)Nc2ccc(-c3csnn3)cc2)n(C)n1. The first kappa shape index (κ1) is 15.2. The second-order valence-corrected chi connectivity index (χ2v) is 5.69. The minimum Gasteiger partial charge on any atom is -0.332 e. The molecule has 0 spiro atoms.